The minimum absolute atomic E-state index is 0.0115. The third kappa shape index (κ3) is 9.15. The monoisotopic (exact) mass is 710 g/mol. The molecule has 2 bridgehead atoms. The quantitative estimate of drug-likeness (QED) is 0.0668. The molecule has 1 amide bonds. The number of aromatic amines is 1. The Bertz CT molecular complexity index is 1840. The number of hydrogen-bond acceptors (Lipinski definition) is 7. The van der Waals surface area contributed by atoms with Gasteiger partial charge in [0.05, 0.1) is 30.0 Å². The van der Waals surface area contributed by atoms with Crippen LogP contribution in [-0.4, -0.2) is 70.6 Å². The number of amides is 1. The summed E-state index contributed by atoms with van der Waals surface area (Å²) in [6, 6.07) is 21.9. The van der Waals surface area contributed by atoms with Gasteiger partial charge >= 0.3 is 6.09 Å². The van der Waals surface area contributed by atoms with E-state index < -0.39 is 12.2 Å². The van der Waals surface area contributed by atoms with Crippen LogP contribution in [0.25, 0.3) is 10.9 Å². The van der Waals surface area contributed by atoms with Crippen LogP contribution in [0.4, 0.5) is 10.5 Å². The minimum atomic E-state index is -0.919. The Morgan fingerprint density at radius 3 is 2.44 bits per heavy atom. The molecule has 4 aromatic rings. The number of pyridine rings is 1. The Balaban J connectivity index is 0.920. The van der Waals surface area contributed by atoms with Crippen molar-refractivity contribution in [1.82, 2.24) is 15.2 Å². The molecule has 10 heteroatoms. The number of unbranched alkanes of at least 4 members (excludes halogenated alkanes) is 6. The van der Waals surface area contributed by atoms with Gasteiger partial charge in [-0.25, -0.2) is 4.79 Å². The average Bonchev–Trinajstić information content (AvgIpc) is 3.15. The van der Waals surface area contributed by atoms with Crippen LogP contribution in [0.1, 0.15) is 86.6 Å². The molecule has 278 valence electrons. The fourth-order valence-electron chi connectivity index (χ4n) is 8.27. The number of phenols is 1. The Morgan fingerprint density at radius 1 is 0.962 bits per heavy atom. The van der Waals surface area contributed by atoms with Crippen LogP contribution in [0.3, 0.4) is 0 Å². The van der Waals surface area contributed by atoms with Gasteiger partial charge in [-0.3, -0.25) is 9.69 Å². The number of rotatable bonds is 18. The number of aliphatic hydroxyl groups excluding tert-OH is 1. The Morgan fingerprint density at radius 2 is 1.71 bits per heavy atom. The van der Waals surface area contributed by atoms with Gasteiger partial charge in [0.1, 0.15) is 11.5 Å². The lowest BCUT2D eigenvalue weighted by molar-refractivity contribution is 0.0358. The second kappa shape index (κ2) is 17.9. The number of carbonyl (C=O) groups is 1. The minimum Gasteiger partial charge on any atom is -0.506 e. The van der Waals surface area contributed by atoms with Gasteiger partial charge in [0.25, 0.3) is 0 Å². The highest BCUT2D eigenvalue weighted by atomic mass is 16.5. The standard InChI is InChI=1S/C42H54N4O6/c1-29-12-7-8-15-36(29)46(42(50)51)41(35-28-45-23-20-30(35)21-24-45)31-13-11-14-32(26-31)52-25-10-6-4-2-3-5-9-22-43-27-38(48)33-16-18-37(47)40-34(33)17-19-39(49)44-40/h7-8,11-19,26,30,35,38,41,43,47-48H,2-6,9-10,20-25,27-28H2,1H3,(H,44,49)(H,50,51)/t35?,38-,41-/m0/s1. The molecule has 1 aromatic heterocycles. The summed E-state index contributed by atoms with van der Waals surface area (Å²) in [6.45, 7) is 6.94. The number of nitrogens with zero attached hydrogens (tertiary/aromatic N) is 2. The molecule has 0 radical (unpaired) electrons. The number of aromatic hydroxyl groups is 1. The van der Waals surface area contributed by atoms with Crippen molar-refractivity contribution in [3.05, 3.63) is 99.8 Å². The number of aryl methyl sites for hydroxylation is 1. The van der Waals surface area contributed by atoms with Crippen molar-refractivity contribution >= 4 is 22.7 Å². The predicted molar refractivity (Wildman–Crippen MR) is 205 cm³/mol. The Hall–Kier alpha value is -4.38. The first-order valence-corrected chi connectivity index (χ1v) is 19.1. The van der Waals surface area contributed by atoms with Crippen molar-refractivity contribution in [2.75, 3.05) is 44.2 Å². The number of carboxylic acid groups (broad SMARTS) is 1. The van der Waals surface area contributed by atoms with Crippen molar-refractivity contribution in [1.29, 1.82) is 0 Å². The fraction of sp³-hybridized carbons (Fsp3) is 0.476. The number of phenolic OH excluding ortho intramolecular Hbond substituents is 1. The van der Waals surface area contributed by atoms with Gasteiger partial charge in [-0.2, -0.15) is 0 Å². The third-order valence-electron chi connectivity index (χ3n) is 11.0. The summed E-state index contributed by atoms with van der Waals surface area (Å²) in [5.74, 6) is 1.51. The molecule has 3 aromatic carbocycles. The molecule has 10 nitrogen and oxygen atoms in total. The number of ether oxygens (including phenoxy) is 1. The van der Waals surface area contributed by atoms with Crippen LogP contribution >= 0.6 is 0 Å². The van der Waals surface area contributed by atoms with Crippen molar-refractivity contribution in [2.45, 2.75) is 76.9 Å². The molecule has 4 heterocycles. The second-order valence-corrected chi connectivity index (χ2v) is 14.6. The van der Waals surface area contributed by atoms with Crippen LogP contribution in [0.2, 0.25) is 0 Å². The van der Waals surface area contributed by atoms with Gasteiger partial charge in [-0.1, -0.05) is 68.5 Å². The molecule has 1 unspecified atom stereocenters. The summed E-state index contributed by atoms with van der Waals surface area (Å²) in [5, 5.41) is 35.4. The first-order chi connectivity index (χ1) is 25.3. The fourth-order valence-corrected chi connectivity index (χ4v) is 8.27. The molecular formula is C42H54N4O6. The first-order valence-electron chi connectivity index (χ1n) is 19.1. The Labute approximate surface area is 306 Å². The molecule has 7 rings (SSSR count). The second-order valence-electron chi connectivity index (χ2n) is 14.6. The first kappa shape index (κ1) is 37.4. The zero-order chi connectivity index (χ0) is 36.5. The van der Waals surface area contributed by atoms with Gasteiger partial charge in [-0.05, 0) is 111 Å². The Kier molecular flexibility index (Phi) is 12.9. The van der Waals surface area contributed by atoms with E-state index in [1.54, 1.807) is 17.0 Å². The van der Waals surface area contributed by atoms with E-state index in [1.807, 2.05) is 43.3 Å². The number of anilines is 1. The normalized spacial score (nSPS) is 19.4. The van der Waals surface area contributed by atoms with Crippen LogP contribution in [0.15, 0.2) is 77.6 Å². The van der Waals surface area contributed by atoms with Crippen LogP contribution in [-0.2, 0) is 0 Å². The van der Waals surface area contributed by atoms with E-state index in [1.165, 1.54) is 18.6 Å². The molecule has 3 saturated heterocycles. The van der Waals surface area contributed by atoms with E-state index in [-0.39, 0.29) is 23.3 Å². The van der Waals surface area contributed by atoms with Gasteiger partial charge in [0.15, 0.2) is 0 Å². The molecule has 0 saturated carbocycles. The SMILES string of the molecule is Cc1ccccc1N(C(=O)O)[C@@H](c1cccc(OCCCCCCCCCNC[C@H](O)c2ccc(O)c3[nH]c(=O)ccc23)c1)C1CN2CCC1CC2. The molecule has 52 heavy (non-hydrogen) atoms. The maximum absolute atomic E-state index is 13.0. The summed E-state index contributed by atoms with van der Waals surface area (Å²) in [6.07, 6.45) is 8.25. The molecule has 3 aliphatic rings. The predicted octanol–water partition coefficient (Wildman–Crippen LogP) is 7.54. The molecular weight excluding hydrogens is 656 g/mol. The summed E-state index contributed by atoms with van der Waals surface area (Å²) in [7, 11) is 0. The van der Waals surface area contributed by atoms with Crippen LogP contribution in [0, 0.1) is 18.8 Å². The number of piperidine rings is 3. The number of hydrogen-bond donors (Lipinski definition) is 5. The van der Waals surface area contributed by atoms with Crippen molar-refractivity contribution in [3.63, 3.8) is 0 Å². The summed E-state index contributed by atoms with van der Waals surface area (Å²) in [5.41, 5.74) is 3.42. The number of aliphatic hydroxyl groups is 1. The number of H-pyrrole nitrogens is 1. The van der Waals surface area contributed by atoms with E-state index in [0.29, 0.717) is 35.5 Å². The maximum atomic E-state index is 13.0. The number of para-hydroxylation sites is 1. The highest BCUT2D eigenvalue weighted by Gasteiger charge is 2.43. The average molecular weight is 711 g/mol. The van der Waals surface area contributed by atoms with Crippen molar-refractivity contribution in [3.8, 4) is 11.5 Å². The molecule has 5 N–H and O–H groups in total. The van der Waals surface area contributed by atoms with Crippen molar-refractivity contribution in [2.24, 2.45) is 11.8 Å². The summed E-state index contributed by atoms with van der Waals surface area (Å²) >= 11 is 0. The highest BCUT2D eigenvalue weighted by molar-refractivity contribution is 5.88. The highest BCUT2D eigenvalue weighted by Crippen LogP contribution is 2.45. The molecule has 3 atom stereocenters. The largest absolute Gasteiger partial charge is 0.506 e. The van der Waals surface area contributed by atoms with E-state index in [9.17, 15) is 24.9 Å². The van der Waals surface area contributed by atoms with E-state index in [2.05, 4.69) is 27.3 Å². The van der Waals surface area contributed by atoms with Gasteiger partial charge in [0.2, 0.25) is 5.56 Å². The van der Waals surface area contributed by atoms with Gasteiger partial charge in [-0.15, -0.1) is 0 Å². The number of nitrogens with one attached hydrogen (secondary N) is 2. The number of benzene rings is 3. The van der Waals surface area contributed by atoms with Crippen molar-refractivity contribution < 1.29 is 24.9 Å². The summed E-state index contributed by atoms with van der Waals surface area (Å²) < 4.78 is 6.24. The maximum Gasteiger partial charge on any atom is 0.412 e. The number of fused-ring (bicyclic) bond motifs is 4. The zero-order valence-corrected chi connectivity index (χ0v) is 30.3. The lowest BCUT2D eigenvalue weighted by Gasteiger charge is -2.49. The van der Waals surface area contributed by atoms with E-state index in [0.717, 1.165) is 100 Å². The number of aromatic nitrogens is 1. The van der Waals surface area contributed by atoms with Crippen LogP contribution in [0.5, 0.6) is 11.5 Å². The molecule has 0 aliphatic carbocycles. The molecule has 3 aliphatic heterocycles. The zero-order valence-electron chi connectivity index (χ0n) is 30.3. The van der Waals surface area contributed by atoms with Gasteiger partial charge in [0, 0.05) is 24.5 Å². The lowest BCUT2D eigenvalue weighted by atomic mass is 9.73. The topological polar surface area (TPSA) is 138 Å². The van der Waals surface area contributed by atoms with E-state index >= 15 is 0 Å². The van der Waals surface area contributed by atoms with E-state index in [4.69, 9.17) is 4.74 Å². The van der Waals surface area contributed by atoms with Crippen LogP contribution < -0.4 is 20.5 Å². The lowest BCUT2D eigenvalue weighted by Crippen LogP contribution is -2.53. The molecule has 3 fully saturated rings. The third-order valence-corrected chi connectivity index (χ3v) is 11.0. The smallest absolute Gasteiger partial charge is 0.412 e. The summed E-state index contributed by atoms with van der Waals surface area (Å²) in [4.78, 5) is 31.4. The molecule has 0 spiro atoms. The van der Waals surface area contributed by atoms with Gasteiger partial charge < -0.3 is 35.3 Å².